The van der Waals surface area contributed by atoms with Crippen molar-refractivity contribution in [3.05, 3.63) is 90.3 Å². The van der Waals surface area contributed by atoms with Crippen molar-refractivity contribution >= 4 is 17.5 Å². The van der Waals surface area contributed by atoms with Gasteiger partial charge in [-0.25, -0.2) is 0 Å². The number of alkyl halides is 3. The minimum absolute atomic E-state index is 0.173. The molecule has 0 spiro atoms. The molecule has 0 saturated carbocycles. The summed E-state index contributed by atoms with van der Waals surface area (Å²) in [5.74, 6) is -1.37. The fraction of sp³-hybridized carbons (Fsp3) is 0.0500. The number of hydrogen-bond acceptors (Lipinski definition) is 4. The summed E-state index contributed by atoms with van der Waals surface area (Å²) in [4.78, 5) is 16.0. The molecule has 148 valence electrons. The molecule has 0 aliphatic rings. The summed E-state index contributed by atoms with van der Waals surface area (Å²) in [5.41, 5.74) is 3.38. The van der Waals surface area contributed by atoms with Crippen LogP contribution in [0.2, 0.25) is 0 Å². The summed E-state index contributed by atoms with van der Waals surface area (Å²) in [6, 6.07) is 15.7. The number of nitrogens with one attached hydrogen (secondary N) is 1. The van der Waals surface area contributed by atoms with Gasteiger partial charge in [-0.05, 0) is 47.9 Å². The van der Waals surface area contributed by atoms with Gasteiger partial charge in [0.25, 0.3) is 0 Å². The van der Waals surface area contributed by atoms with Crippen molar-refractivity contribution in [2.75, 3.05) is 5.43 Å². The molecule has 1 heterocycles. The Hall–Kier alpha value is -3.88. The fourth-order valence-corrected chi connectivity index (χ4v) is 2.32. The SMILES string of the molecule is O=C(N[n+]1ccccc1)c1ccc(C([O-])=Nc2ccc(OC(F)(F)F)cc2)cc1. The summed E-state index contributed by atoms with van der Waals surface area (Å²) < 4.78 is 41.7. The fourth-order valence-electron chi connectivity index (χ4n) is 2.32. The molecule has 0 unspecified atom stereocenters. The first-order valence-corrected chi connectivity index (χ1v) is 8.30. The molecule has 9 heteroatoms. The minimum Gasteiger partial charge on any atom is -0.858 e. The van der Waals surface area contributed by atoms with E-state index in [0.29, 0.717) is 5.56 Å². The van der Waals surface area contributed by atoms with E-state index in [2.05, 4.69) is 15.2 Å². The Bertz CT molecular complexity index is 1000. The second-order valence-electron chi connectivity index (χ2n) is 5.76. The standard InChI is InChI=1S/C20H14F3N3O3/c21-20(22,23)29-17-10-8-16(9-11-17)24-18(27)14-4-6-15(7-5-14)19(28)25-26-12-2-1-3-13-26/h1-13H,(H-,24,25,27,28). The molecule has 0 aliphatic heterocycles. The van der Waals surface area contributed by atoms with E-state index in [1.54, 1.807) is 24.5 Å². The van der Waals surface area contributed by atoms with Crippen LogP contribution in [0.4, 0.5) is 18.9 Å². The lowest BCUT2D eigenvalue weighted by Crippen LogP contribution is -2.47. The van der Waals surface area contributed by atoms with Gasteiger partial charge in [0.05, 0.1) is 5.69 Å². The third-order valence-electron chi connectivity index (χ3n) is 3.64. The van der Waals surface area contributed by atoms with Crippen LogP contribution in [0.15, 0.2) is 84.1 Å². The van der Waals surface area contributed by atoms with E-state index in [4.69, 9.17) is 0 Å². The lowest BCUT2D eigenvalue weighted by atomic mass is 10.1. The van der Waals surface area contributed by atoms with E-state index in [1.807, 2.05) is 6.07 Å². The Kier molecular flexibility index (Phi) is 5.77. The molecular formula is C20H14F3N3O3. The maximum atomic E-state index is 12.2. The van der Waals surface area contributed by atoms with Gasteiger partial charge in [0, 0.05) is 17.7 Å². The van der Waals surface area contributed by atoms with E-state index >= 15 is 0 Å². The highest BCUT2D eigenvalue weighted by molar-refractivity contribution is 6.00. The predicted octanol–water partition coefficient (Wildman–Crippen LogP) is 2.70. The molecule has 1 aromatic heterocycles. The molecule has 0 radical (unpaired) electrons. The smallest absolute Gasteiger partial charge is 0.573 e. The zero-order chi connectivity index (χ0) is 20.9. The van der Waals surface area contributed by atoms with Crippen LogP contribution >= 0.6 is 0 Å². The lowest BCUT2D eigenvalue weighted by molar-refractivity contribution is -0.641. The number of aromatic nitrogens is 1. The number of carbonyl (C=O) groups excluding carboxylic acids is 1. The number of carbonyl (C=O) groups is 1. The average Bonchev–Trinajstić information content (AvgIpc) is 2.69. The highest BCUT2D eigenvalue weighted by Crippen LogP contribution is 2.25. The average molecular weight is 401 g/mol. The minimum atomic E-state index is -4.79. The Morgan fingerprint density at radius 2 is 1.52 bits per heavy atom. The second kappa shape index (κ2) is 8.42. The van der Waals surface area contributed by atoms with Crippen LogP contribution in [0.1, 0.15) is 15.9 Å². The largest absolute Gasteiger partial charge is 0.858 e. The first-order chi connectivity index (χ1) is 13.8. The first kappa shape index (κ1) is 19.9. The van der Waals surface area contributed by atoms with Crippen LogP contribution in [-0.2, 0) is 0 Å². The van der Waals surface area contributed by atoms with Gasteiger partial charge in [-0.1, -0.05) is 22.9 Å². The molecule has 0 saturated heterocycles. The molecule has 2 aromatic carbocycles. The van der Waals surface area contributed by atoms with Crippen molar-refractivity contribution in [2.45, 2.75) is 6.36 Å². The van der Waals surface area contributed by atoms with E-state index in [0.717, 1.165) is 12.1 Å². The van der Waals surface area contributed by atoms with Crippen molar-refractivity contribution in [2.24, 2.45) is 4.99 Å². The van der Waals surface area contributed by atoms with Crippen molar-refractivity contribution in [1.29, 1.82) is 0 Å². The monoisotopic (exact) mass is 401 g/mol. The predicted molar refractivity (Wildman–Crippen MR) is 96.1 cm³/mol. The van der Waals surface area contributed by atoms with Crippen molar-refractivity contribution in [3.8, 4) is 5.75 Å². The molecule has 6 nitrogen and oxygen atoms in total. The summed E-state index contributed by atoms with van der Waals surface area (Å²) in [7, 11) is 0. The summed E-state index contributed by atoms with van der Waals surface area (Å²) >= 11 is 0. The van der Waals surface area contributed by atoms with E-state index in [-0.39, 0.29) is 17.2 Å². The molecule has 1 N–H and O–H groups in total. The number of ether oxygens (including phenoxy) is 1. The van der Waals surface area contributed by atoms with Crippen LogP contribution in [0.5, 0.6) is 5.75 Å². The number of hydrogen-bond donors (Lipinski definition) is 1. The quantitative estimate of drug-likeness (QED) is 0.406. The zero-order valence-corrected chi connectivity index (χ0v) is 14.8. The highest BCUT2D eigenvalue weighted by atomic mass is 19.4. The number of rotatable bonds is 5. The normalized spacial score (nSPS) is 11.8. The number of halogens is 3. The van der Waals surface area contributed by atoms with Crippen LogP contribution < -0.4 is 19.9 Å². The molecule has 0 bridgehead atoms. The molecule has 3 aromatic rings. The van der Waals surface area contributed by atoms with Crippen LogP contribution in [0, 0.1) is 0 Å². The summed E-state index contributed by atoms with van der Waals surface area (Å²) in [6.45, 7) is 0. The van der Waals surface area contributed by atoms with Gasteiger partial charge in [0.15, 0.2) is 12.4 Å². The van der Waals surface area contributed by atoms with Gasteiger partial charge in [-0.3, -0.25) is 9.79 Å². The number of nitrogens with zero attached hydrogens (tertiary/aromatic N) is 2. The lowest BCUT2D eigenvalue weighted by Gasteiger charge is -2.12. The van der Waals surface area contributed by atoms with E-state index < -0.39 is 18.0 Å². The van der Waals surface area contributed by atoms with Crippen molar-refractivity contribution in [3.63, 3.8) is 0 Å². The maximum Gasteiger partial charge on any atom is 0.573 e. The third-order valence-corrected chi connectivity index (χ3v) is 3.64. The van der Waals surface area contributed by atoms with Gasteiger partial charge in [-0.2, -0.15) is 0 Å². The van der Waals surface area contributed by atoms with Gasteiger partial charge >= 0.3 is 12.3 Å². The summed E-state index contributed by atoms with van der Waals surface area (Å²) in [5, 5.41) is 12.2. The third kappa shape index (κ3) is 5.80. The Morgan fingerprint density at radius 3 is 2.10 bits per heavy atom. The number of amides is 1. The molecular weight excluding hydrogens is 387 g/mol. The summed E-state index contributed by atoms with van der Waals surface area (Å²) in [6.07, 6.45) is -1.46. The Balaban J connectivity index is 1.68. The van der Waals surface area contributed by atoms with Crippen molar-refractivity contribution in [1.82, 2.24) is 0 Å². The second-order valence-corrected chi connectivity index (χ2v) is 5.76. The molecule has 1 amide bonds. The Labute approximate surface area is 163 Å². The molecule has 0 atom stereocenters. The zero-order valence-electron chi connectivity index (χ0n) is 14.8. The Morgan fingerprint density at radius 1 is 0.931 bits per heavy atom. The van der Waals surface area contributed by atoms with Gasteiger partial charge in [0.1, 0.15) is 5.75 Å². The molecule has 0 aliphatic carbocycles. The molecule has 29 heavy (non-hydrogen) atoms. The number of aliphatic imine (C=N–C) groups is 1. The molecule has 3 rings (SSSR count). The maximum absolute atomic E-state index is 12.2. The van der Waals surface area contributed by atoms with Crippen LogP contribution in [-0.4, -0.2) is 18.2 Å². The van der Waals surface area contributed by atoms with Gasteiger partial charge < -0.3 is 9.84 Å². The van der Waals surface area contributed by atoms with Gasteiger partial charge in [-0.15, -0.1) is 18.6 Å². The first-order valence-electron chi connectivity index (χ1n) is 8.30. The van der Waals surface area contributed by atoms with Crippen LogP contribution in [0.25, 0.3) is 0 Å². The van der Waals surface area contributed by atoms with E-state index in [9.17, 15) is 23.1 Å². The number of benzene rings is 2. The topological polar surface area (TPSA) is 77.6 Å². The van der Waals surface area contributed by atoms with Crippen LogP contribution in [0.3, 0.4) is 0 Å². The van der Waals surface area contributed by atoms with Crippen molar-refractivity contribution < 1.29 is 32.5 Å². The number of pyridine rings is 1. The van der Waals surface area contributed by atoms with E-state index in [1.165, 1.54) is 41.1 Å². The van der Waals surface area contributed by atoms with Gasteiger partial charge in [0.2, 0.25) is 0 Å². The highest BCUT2D eigenvalue weighted by Gasteiger charge is 2.30. The molecule has 0 fully saturated rings.